The van der Waals surface area contributed by atoms with E-state index in [1.165, 1.54) is 63.6 Å². The van der Waals surface area contributed by atoms with Gasteiger partial charge in [0.15, 0.2) is 0 Å². The standard InChI is InChI=1S/C27H46N2O2/c1-19-5-12-27-17-26(27,18-28-21-8-13-29(4)14-9-21)23(7-11-25(19,27)3)24(2)10-6-22(31)15-20(24)16-30/h20-23,28,30-31H,1,5-18H2,2-4H3. The number of allylic oxidation sites excluding steroid dienone is 1. The Morgan fingerprint density at radius 1 is 1.10 bits per heavy atom. The SMILES string of the molecule is C=C1CCC23CC2(CNC2CCN(C)CC2)C(C2(C)CCC(O)CC2CO)CCC13C. The molecule has 4 aliphatic carbocycles. The van der Waals surface area contributed by atoms with Gasteiger partial charge in [0.2, 0.25) is 0 Å². The van der Waals surface area contributed by atoms with Crippen LogP contribution in [-0.4, -0.2) is 60.5 Å². The fourth-order valence-electron chi connectivity index (χ4n) is 9.41. The van der Waals surface area contributed by atoms with Crippen LogP contribution in [0.5, 0.6) is 0 Å². The van der Waals surface area contributed by atoms with Gasteiger partial charge in [-0.15, -0.1) is 0 Å². The Kier molecular flexibility index (Phi) is 5.45. The van der Waals surface area contributed by atoms with Crippen LogP contribution >= 0.6 is 0 Å². The molecule has 1 spiro atoms. The third kappa shape index (κ3) is 3.07. The van der Waals surface area contributed by atoms with Gasteiger partial charge in [0, 0.05) is 19.2 Å². The minimum atomic E-state index is -0.230. The van der Waals surface area contributed by atoms with E-state index in [9.17, 15) is 10.2 Å². The Hall–Kier alpha value is -0.420. The summed E-state index contributed by atoms with van der Waals surface area (Å²) in [5.74, 6) is 0.871. The maximum atomic E-state index is 10.4. The lowest BCUT2D eigenvalue weighted by atomic mass is 9.49. The number of rotatable bonds is 5. The van der Waals surface area contributed by atoms with E-state index in [4.69, 9.17) is 0 Å². The third-order valence-electron chi connectivity index (χ3n) is 11.7. The Morgan fingerprint density at radius 3 is 2.55 bits per heavy atom. The monoisotopic (exact) mass is 430 g/mol. The number of likely N-dealkylation sites (tertiary alicyclic amines) is 1. The van der Waals surface area contributed by atoms with Crippen LogP contribution in [0, 0.1) is 33.5 Å². The molecule has 31 heavy (non-hydrogen) atoms. The Morgan fingerprint density at radius 2 is 1.84 bits per heavy atom. The first-order valence-electron chi connectivity index (χ1n) is 13.1. The van der Waals surface area contributed by atoms with E-state index < -0.39 is 0 Å². The van der Waals surface area contributed by atoms with Crippen molar-refractivity contribution in [1.29, 1.82) is 0 Å². The van der Waals surface area contributed by atoms with Gasteiger partial charge in [-0.1, -0.05) is 26.0 Å². The maximum absolute atomic E-state index is 10.4. The summed E-state index contributed by atoms with van der Waals surface area (Å²) < 4.78 is 0. The fourth-order valence-corrected chi connectivity index (χ4v) is 9.41. The highest BCUT2D eigenvalue weighted by atomic mass is 16.3. The molecule has 4 nitrogen and oxygen atoms in total. The lowest BCUT2D eigenvalue weighted by molar-refractivity contribution is -0.0953. The average molecular weight is 431 g/mol. The number of nitrogens with zero attached hydrogens (tertiary/aromatic N) is 1. The molecule has 5 fully saturated rings. The van der Waals surface area contributed by atoms with Gasteiger partial charge in [0.1, 0.15) is 0 Å². The smallest absolute Gasteiger partial charge is 0.0544 e. The Balaban J connectivity index is 1.44. The summed E-state index contributed by atoms with van der Waals surface area (Å²) in [5, 5.41) is 24.8. The van der Waals surface area contributed by atoms with Crippen LogP contribution < -0.4 is 5.32 Å². The van der Waals surface area contributed by atoms with Crippen molar-refractivity contribution in [3.63, 3.8) is 0 Å². The molecule has 7 unspecified atom stereocenters. The van der Waals surface area contributed by atoms with Gasteiger partial charge in [-0.05, 0) is 118 Å². The summed E-state index contributed by atoms with van der Waals surface area (Å²) in [7, 11) is 2.24. The van der Waals surface area contributed by atoms with E-state index in [-0.39, 0.29) is 24.0 Å². The molecule has 3 N–H and O–H groups in total. The van der Waals surface area contributed by atoms with E-state index in [0.29, 0.717) is 28.2 Å². The summed E-state index contributed by atoms with van der Waals surface area (Å²) in [6.07, 6.45) is 11.4. The second-order valence-electron chi connectivity index (χ2n) is 12.7. The highest BCUT2D eigenvalue weighted by Crippen LogP contribution is 2.87. The predicted molar refractivity (Wildman–Crippen MR) is 126 cm³/mol. The average Bonchev–Trinajstić information content (AvgIpc) is 3.37. The lowest BCUT2D eigenvalue weighted by Gasteiger charge is -2.56. The number of aliphatic hydroxyl groups excluding tert-OH is 2. The first-order chi connectivity index (χ1) is 14.7. The van der Waals surface area contributed by atoms with Crippen LogP contribution in [0.4, 0.5) is 0 Å². The van der Waals surface area contributed by atoms with Crippen molar-refractivity contribution in [2.75, 3.05) is 33.3 Å². The molecule has 0 aromatic carbocycles. The van der Waals surface area contributed by atoms with Crippen molar-refractivity contribution >= 4 is 0 Å². The number of hydrogen-bond acceptors (Lipinski definition) is 4. The van der Waals surface area contributed by atoms with Crippen molar-refractivity contribution in [1.82, 2.24) is 10.2 Å². The van der Waals surface area contributed by atoms with E-state index in [1.807, 2.05) is 0 Å². The predicted octanol–water partition coefficient (Wildman–Crippen LogP) is 3.97. The topological polar surface area (TPSA) is 55.7 Å². The number of aliphatic hydroxyl groups is 2. The molecule has 0 aromatic rings. The fraction of sp³-hybridized carbons (Fsp3) is 0.926. The van der Waals surface area contributed by atoms with E-state index >= 15 is 0 Å². The molecule has 4 saturated carbocycles. The van der Waals surface area contributed by atoms with Crippen LogP contribution in [0.15, 0.2) is 12.2 Å². The van der Waals surface area contributed by atoms with Gasteiger partial charge < -0.3 is 20.4 Å². The molecule has 0 bridgehead atoms. The molecule has 5 aliphatic rings. The summed E-state index contributed by atoms with van der Waals surface area (Å²) in [5.41, 5.74) is 2.70. The quantitative estimate of drug-likeness (QED) is 0.578. The molecule has 176 valence electrons. The van der Waals surface area contributed by atoms with Gasteiger partial charge in [-0.2, -0.15) is 0 Å². The minimum absolute atomic E-state index is 0.136. The van der Waals surface area contributed by atoms with Crippen LogP contribution in [-0.2, 0) is 0 Å². The molecule has 5 rings (SSSR count). The van der Waals surface area contributed by atoms with Gasteiger partial charge in [0.05, 0.1) is 6.10 Å². The van der Waals surface area contributed by atoms with Crippen molar-refractivity contribution in [2.24, 2.45) is 33.5 Å². The molecule has 1 aliphatic heterocycles. The summed E-state index contributed by atoms with van der Waals surface area (Å²) >= 11 is 0. The molecular formula is C27H46N2O2. The molecule has 4 heteroatoms. The second-order valence-corrected chi connectivity index (χ2v) is 12.7. The molecule has 0 aromatic heterocycles. The van der Waals surface area contributed by atoms with Crippen molar-refractivity contribution in [2.45, 2.75) is 90.2 Å². The first kappa shape index (κ1) is 22.4. The van der Waals surface area contributed by atoms with Crippen LogP contribution in [0.3, 0.4) is 0 Å². The van der Waals surface area contributed by atoms with E-state index in [2.05, 4.69) is 37.7 Å². The summed E-state index contributed by atoms with van der Waals surface area (Å²) in [4.78, 5) is 2.46. The molecular weight excluding hydrogens is 384 g/mol. The first-order valence-corrected chi connectivity index (χ1v) is 13.1. The van der Waals surface area contributed by atoms with Gasteiger partial charge >= 0.3 is 0 Å². The molecule has 7 atom stereocenters. The Bertz CT molecular complexity index is 718. The largest absolute Gasteiger partial charge is 0.396 e. The molecule has 0 amide bonds. The van der Waals surface area contributed by atoms with Crippen molar-refractivity contribution in [3.05, 3.63) is 12.2 Å². The van der Waals surface area contributed by atoms with Gasteiger partial charge in [-0.25, -0.2) is 0 Å². The van der Waals surface area contributed by atoms with Crippen molar-refractivity contribution < 1.29 is 10.2 Å². The zero-order chi connectivity index (χ0) is 22.1. The van der Waals surface area contributed by atoms with Crippen LogP contribution in [0.1, 0.15) is 78.1 Å². The van der Waals surface area contributed by atoms with Crippen LogP contribution in [0.25, 0.3) is 0 Å². The second kappa shape index (κ2) is 7.55. The molecule has 1 saturated heterocycles. The summed E-state index contributed by atoms with van der Waals surface area (Å²) in [6.45, 7) is 13.3. The number of piperidine rings is 1. The van der Waals surface area contributed by atoms with Gasteiger partial charge in [0.25, 0.3) is 0 Å². The van der Waals surface area contributed by atoms with Crippen LogP contribution in [0.2, 0.25) is 0 Å². The molecule has 1 heterocycles. The summed E-state index contributed by atoms with van der Waals surface area (Å²) in [6, 6.07) is 0.649. The molecule has 0 radical (unpaired) electrons. The Labute approximate surface area is 189 Å². The highest BCUT2D eigenvalue weighted by molar-refractivity contribution is 5.38. The van der Waals surface area contributed by atoms with E-state index in [1.54, 1.807) is 0 Å². The highest BCUT2D eigenvalue weighted by Gasteiger charge is 2.81. The van der Waals surface area contributed by atoms with E-state index in [0.717, 1.165) is 25.8 Å². The lowest BCUT2D eigenvalue weighted by Crippen LogP contribution is -2.54. The zero-order valence-electron chi connectivity index (χ0n) is 20.3. The minimum Gasteiger partial charge on any atom is -0.396 e. The maximum Gasteiger partial charge on any atom is 0.0544 e. The van der Waals surface area contributed by atoms with Gasteiger partial charge in [-0.3, -0.25) is 0 Å². The number of hydrogen-bond donors (Lipinski definition) is 3. The third-order valence-corrected chi connectivity index (χ3v) is 11.7. The number of nitrogens with one attached hydrogen (secondary N) is 1. The van der Waals surface area contributed by atoms with Crippen molar-refractivity contribution in [3.8, 4) is 0 Å². The zero-order valence-corrected chi connectivity index (χ0v) is 20.3. The normalized spacial score (nSPS) is 50.9.